The van der Waals surface area contributed by atoms with Gasteiger partial charge in [0.2, 0.25) is 5.91 Å². The number of fused-ring (bicyclic) bond motifs is 1. The Hall–Kier alpha value is -4.06. The van der Waals surface area contributed by atoms with Crippen molar-refractivity contribution in [3.63, 3.8) is 0 Å². The van der Waals surface area contributed by atoms with Crippen molar-refractivity contribution in [1.82, 2.24) is 20.6 Å². The van der Waals surface area contributed by atoms with E-state index in [1.54, 1.807) is 0 Å². The zero-order chi connectivity index (χ0) is 27.9. The second kappa shape index (κ2) is 12.7. The Kier molecular flexibility index (Phi) is 9.07. The number of halogens is 2. The molecule has 2 amide bonds. The minimum Gasteiger partial charge on any atom is -0.494 e. The number of carbonyl (C=O) groups is 2. The Morgan fingerprint density at radius 3 is 2.74 bits per heavy atom. The highest BCUT2D eigenvalue weighted by Gasteiger charge is 2.24. The van der Waals surface area contributed by atoms with Crippen molar-refractivity contribution in [3.05, 3.63) is 63.7 Å². The predicted molar refractivity (Wildman–Crippen MR) is 138 cm³/mol. The van der Waals surface area contributed by atoms with E-state index >= 15 is 0 Å². The second-order valence-corrected chi connectivity index (χ2v) is 9.43. The molecule has 1 aromatic heterocycles. The normalized spacial score (nSPS) is 17.0. The lowest BCUT2D eigenvalue weighted by Gasteiger charge is -2.29. The topological polar surface area (TPSA) is 143 Å². The summed E-state index contributed by atoms with van der Waals surface area (Å²) in [6, 6.07) is 6.53. The molecule has 1 fully saturated rings. The van der Waals surface area contributed by atoms with E-state index < -0.39 is 35.6 Å². The number of hydrogen-bond donors (Lipinski definition) is 4. The van der Waals surface area contributed by atoms with E-state index in [9.17, 15) is 23.2 Å². The maximum absolute atomic E-state index is 14.7. The van der Waals surface area contributed by atoms with Crippen LogP contribution in [0.25, 0.3) is 10.9 Å². The Morgan fingerprint density at radius 2 is 1.97 bits per heavy atom. The van der Waals surface area contributed by atoms with Gasteiger partial charge in [-0.15, -0.1) is 0 Å². The van der Waals surface area contributed by atoms with Crippen molar-refractivity contribution >= 4 is 22.7 Å². The van der Waals surface area contributed by atoms with E-state index in [0.717, 1.165) is 31.7 Å². The minimum absolute atomic E-state index is 0.0283. The monoisotopic (exact) mass is 544 g/mol. The summed E-state index contributed by atoms with van der Waals surface area (Å²) in [4.78, 5) is 43.6. The van der Waals surface area contributed by atoms with Crippen molar-refractivity contribution in [1.29, 1.82) is 0 Å². The van der Waals surface area contributed by atoms with Crippen LogP contribution in [-0.2, 0) is 11.3 Å². The third-order valence-electron chi connectivity index (χ3n) is 6.73. The number of amides is 2. The third-order valence-corrected chi connectivity index (χ3v) is 6.73. The van der Waals surface area contributed by atoms with Crippen molar-refractivity contribution in [2.45, 2.75) is 44.7 Å². The summed E-state index contributed by atoms with van der Waals surface area (Å²) in [5.74, 6) is -2.60. The minimum atomic E-state index is -0.729. The van der Waals surface area contributed by atoms with Crippen molar-refractivity contribution in [2.24, 2.45) is 5.92 Å². The fourth-order valence-electron chi connectivity index (χ4n) is 4.79. The molecule has 12 heteroatoms. The maximum Gasteiger partial charge on any atom is 0.287 e. The first-order valence-corrected chi connectivity index (χ1v) is 12.6. The molecule has 1 aliphatic carbocycles. The number of hydrogen-bond acceptors (Lipinski definition) is 7. The highest BCUT2D eigenvalue weighted by molar-refractivity contribution is 5.93. The SMILES string of the molecule is COc1cc(CNC(=O)c2nc3ccc(F)c(OCCC4CCCC(NC(=O)CO)C4)c3c(=O)[nH]2)ccc1F. The van der Waals surface area contributed by atoms with Crippen LogP contribution >= 0.6 is 0 Å². The van der Waals surface area contributed by atoms with E-state index in [4.69, 9.17) is 14.6 Å². The van der Waals surface area contributed by atoms with Crippen LogP contribution in [0.15, 0.2) is 35.1 Å². The molecule has 2 atom stereocenters. The Morgan fingerprint density at radius 1 is 1.18 bits per heavy atom. The molecule has 0 spiro atoms. The first-order valence-electron chi connectivity index (χ1n) is 12.6. The number of ether oxygens (including phenoxy) is 2. The highest BCUT2D eigenvalue weighted by atomic mass is 19.1. The standard InChI is InChI=1S/C27H30F2N4O6/c1-38-21-12-16(5-6-18(21)28)13-30-27(37)25-32-20-8-7-19(29)24(23(20)26(36)33-25)39-10-9-15-3-2-4-17(11-15)31-22(35)14-34/h5-8,12,15,17,34H,2-4,9-11,13-14H2,1H3,(H,30,37)(H,31,35)(H,32,33,36). The number of H-pyrrole nitrogens is 1. The van der Waals surface area contributed by atoms with Gasteiger partial charge in [0.25, 0.3) is 11.5 Å². The lowest BCUT2D eigenvalue weighted by Crippen LogP contribution is -2.40. The summed E-state index contributed by atoms with van der Waals surface area (Å²) in [6.45, 7) is -0.384. The van der Waals surface area contributed by atoms with E-state index in [2.05, 4.69) is 20.6 Å². The zero-order valence-electron chi connectivity index (χ0n) is 21.4. The van der Waals surface area contributed by atoms with Crippen molar-refractivity contribution in [2.75, 3.05) is 20.3 Å². The number of aliphatic hydroxyl groups excluding tert-OH is 1. The van der Waals surface area contributed by atoms with Crippen molar-refractivity contribution in [3.8, 4) is 11.5 Å². The summed E-state index contributed by atoms with van der Waals surface area (Å²) >= 11 is 0. The molecule has 1 aliphatic rings. The molecule has 0 aliphatic heterocycles. The Bertz CT molecular complexity index is 1410. The molecular weight excluding hydrogens is 514 g/mol. The summed E-state index contributed by atoms with van der Waals surface area (Å²) < 4.78 is 38.9. The molecule has 0 saturated heterocycles. The van der Waals surface area contributed by atoms with Gasteiger partial charge >= 0.3 is 0 Å². The van der Waals surface area contributed by atoms with Gasteiger partial charge in [-0.05, 0) is 55.0 Å². The fourth-order valence-corrected chi connectivity index (χ4v) is 4.79. The summed E-state index contributed by atoms with van der Waals surface area (Å²) in [7, 11) is 1.33. The van der Waals surface area contributed by atoms with Gasteiger partial charge in [0, 0.05) is 12.6 Å². The summed E-state index contributed by atoms with van der Waals surface area (Å²) in [6.07, 6.45) is 3.97. The molecule has 208 valence electrons. The average molecular weight is 545 g/mol. The van der Waals surface area contributed by atoms with Gasteiger partial charge < -0.3 is 30.2 Å². The molecule has 3 aromatic rings. The number of aromatic amines is 1. The van der Waals surface area contributed by atoms with Gasteiger partial charge in [0.05, 0.1) is 19.2 Å². The van der Waals surface area contributed by atoms with Crippen LogP contribution in [0.5, 0.6) is 11.5 Å². The third kappa shape index (κ3) is 6.88. The molecule has 4 N–H and O–H groups in total. The lowest BCUT2D eigenvalue weighted by molar-refractivity contribution is -0.124. The maximum atomic E-state index is 14.7. The molecule has 1 saturated carbocycles. The summed E-state index contributed by atoms with van der Waals surface area (Å²) in [5.41, 5.74) is -0.0664. The molecule has 1 heterocycles. The van der Waals surface area contributed by atoms with Gasteiger partial charge in [-0.1, -0.05) is 18.9 Å². The second-order valence-electron chi connectivity index (χ2n) is 9.43. The van der Waals surface area contributed by atoms with Gasteiger partial charge in [-0.3, -0.25) is 14.4 Å². The first-order chi connectivity index (χ1) is 18.8. The number of aliphatic hydroxyl groups is 1. The molecule has 0 bridgehead atoms. The number of nitrogens with one attached hydrogen (secondary N) is 3. The van der Waals surface area contributed by atoms with Crippen LogP contribution in [-0.4, -0.2) is 53.3 Å². The number of methoxy groups -OCH3 is 1. The van der Waals surface area contributed by atoms with Crippen LogP contribution in [0.3, 0.4) is 0 Å². The zero-order valence-corrected chi connectivity index (χ0v) is 21.4. The van der Waals surface area contributed by atoms with Crippen LogP contribution < -0.4 is 25.7 Å². The quantitative estimate of drug-likeness (QED) is 0.307. The Balaban J connectivity index is 1.42. The average Bonchev–Trinajstić information content (AvgIpc) is 2.93. The number of nitrogens with zero attached hydrogens (tertiary/aromatic N) is 1. The summed E-state index contributed by atoms with van der Waals surface area (Å²) in [5, 5.41) is 14.2. The van der Waals surface area contributed by atoms with E-state index in [0.29, 0.717) is 12.0 Å². The van der Waals surface area contributed by atoms with E-state index in [1.165, 1.54) is 31.4 Å². The van der Waals surface area contributed by atoms with E-state index in [1.807, 2.05) is 0 Å². The Labute approximate surface area is 222 Å². The van der Waals surface area contributed by atoms with E-state index in [-0.39, 0.29) is 53.3 Å². The molecule has 4 rings (SSSR count). The molecule has 39 heavy (non-hydrogen) atoms. The lowest BCUT2D eigenvalue weighted by atomic mass is 9.84. The largest absolute Gasteiger partial charge is 0.494 e. The van der Waals surface area contributed by atoms with Gasteiger partial charge in [-0.25, -0.2) is 13.8 Å². The smallest absolute Gasteiger partial charge is 0.287 e. The van der Waals surface area contributed by atoms with Crippen LogP contribution in [0.1, 0.15) is 48.3 Å². The van der Waals surface area contributed by atoms with Crippen LogP contribution in [0.4, 0.5) is 8.78 Å². The predicted octanol–water partition coefficient (Wildman–Crippen LogP) is 2.58. The molecule has 2 unspecified atom stereocenters. The number of benzene rings is 2. The van der Waals surface area contributed by atoms with Crippen molar-refractivity contribution < 1.29 is 33.0 Å². The molecular formula is C27H30F2N4O6. The van der Waals surface area contributed by atoms with Gasteiger partial charge in [-0.2, -0.15) is 0 Å². The number of carbonyl (C=O) groups excluding carboxylic acids is 2. The fraction of sp³-hybridized carbons (Fsp3) is 0.407. The van der Waals surface area contributed by atoms with Gasteiger partial charge in [0.15, 0.2) is 29.0 Å². The number of aromatic nitrogens is 2. The molecule has 0 radical (unpaired) electrons. The molecule has 2 aromatic carbocycles. The highest BCUT2D eigenvalue weighted by Crippen LogP contribution is 2.29. The van der Waals surface area contributed by atoms with Crippen LogP contribution in [0, 0.1) is 17.6 Å². The van der Waals surface area contributed by atoms with Gasteiger partial charge in [0.1, 0.15) is 12.0 Å². The number of rotatable bonds is 10. The van der Waals surface area contributed by atoms with Crippen LogP contribution in [0.2, 0.25) is 0 Å². The first kappa shape index (κ1) is 28.0. The molecule has 10 nitrogen and oxygen atoms in total.